The summed E-state index contributed by atoms with van der Waals surface area (Å²) in [7, 11) is 0. The van der Waals surface area contributed by atoms with Crippen molar-refractivity contribution in [2.75, 3.05) is 4.90 Å². The van der Waals surface area contributed by atoms with Crippen molar-refractivity contribution in [3.05, 3.63) is 87.3 Å². The maximum Gasteiger partial charge on any atom is 0.271 e. The Morgan fingerprint density at radius 1 is 1.04 bits per heavy atom. The average molecular weight is 392 g/mol. The molecule has 3 aromatic carbocycles. The number of nitro benzene ring substituents is 1. The molecule has 3 aromatic rings. The number of benzene rings is 3. The summed E-state index contributed by atoms with van der Waals surface area (Å²) in [6.07, 6.45) is 1.82. The molecule has 4 rings (SSSR count). The van der Waals surface area contributed by atoms with Crippen molar-refractivity contribution >= 4 is 62.4 Å². The summed E-state index contributed by atoms with van der Waals surface area (Å²) in [5.74, 6) is -0.279. The number of anilines is 1. The van der Waals surface area contributed by atoms with Gasteiger partial charge in [0.05, 0.1) is 15.5 Å². The van der Waals surface area contributed by atoms with E-state index < -0.39 is 4.92 Å². The van der Waals surface area contributed by atoms with Crippen LogP contribution in [0.1, 0.15) is 5.56 Å². The fourth-order valence-electron chi connectivity index (χ4n) is 2.95. The van der Waals surface area contributed by atoms with E-state index in [-0.39, 0.29) is 11.6 Å². The standard InChI is InChI=1S/C20H12N2O3S2/c23-19-18(11-14-7-3-6-13-5-1-2-10-17(13)14)27-20(26)21(19)15-8-4-9-16(12-15)22(24)25/h1-12H/b18-11-. The van der Waals surface area contributed by atoms with Gasteiger partial charge in [0.2, 0.25) is 0 Å². The molecule has 0 radical (unpaired) electrons. The number of hydrogen-bond donors (Lipinski definition) is 0. The van der Waals surface area contributed by atoms with E-state index >= 15 is 0 Å². The third kappa shape index (κ3) is 3.22. The van der Waals surface area contributed by atoms with Gasteiger partial charge in [-0.1, -0.05) is 72.5 Å². The number of non-ortho nitro benzene ring substituents is 1. The van der Waals surface area contributed by atoms with Crippen LogP contribution >= 0.6 is 24.0 Å². The van der Waals surface area contributed by atoms with Crippen molar-refractivity contribution in [2.45, 2.75) is 0 Å². The fraction of sp³-hybridized carbons (Fsp3) is 0. The molecule has 27 heavy (non-hydrogen) atoms. The Balaban J connectivity index is 1.74. The molecular formula is C20H12N2O3S2. The minimum atomic E-state index is -0.493. The SMILES string of the molecule is O=C1/C(=C/c2cccc3ccccc23)SC(=S)N1c1cccc([N+](=O)[O-])c1. The van der Waals surface area contributed by atoms with Crippen LogP contribution in [0.5, 0.6) is 0 Å². The molecule has 0 spiro atoms. The van der Waals surface area contributed by atoms with Crippen LogP contribution in [0.15, 0.2) is 71.6 Å². The molecule has 1 aliphatic rings. The minimum Gasteiger partial charge on any atom is -0.268 e. The van der Waals surface area contributed by atoms with Crippen LogP contribution < -0.4 is 4.90 Å². The number of carbonyl (C=O) groups is 1. The Hall–Kier alpha value is -3.03. The number of thiocarbonyl (C=S) groups is 1. The van der Waals surface area contributed by atoms with Crippen LogP contribution in [-0.2, 0) is 4.79 Å². The first kappa shape index (κ1) is 17.4. The summed E-state index contributed by atoms with van der Waals surface area (Å²) in [5, 5.41) is 13.1. The highest BCUT2D eigenvalue weighted by molar-refractivity contribution is 8.27. The van der Waals surface area contributed by atoms with Crippen molar-refractivity contribution in [2.24, 2.45) is 0 Å². The number of fused-ring (bicyclic) bond motifs is 1. The molecular weight excluding hydrogens is 380 g/mol. The first-order chi connectivity index (χ1) is 13.0. The maximum absolute atomic E-state index is 12.9. The number of thioether (sulfide) groups is 1. The molecule has 0 saturated carbocycles. The maximum atomic E-state index is 12.9. The number of nitro groups is 1. The van der Waals surface area contributed by atoms with Crippen LogP contribution in [0.4, 0.5) is 11.4 Å². The molecule has 1 fully saturated rings. The van der Waals surface area contributed by atoms with Crippen LogP contribution in [0, 0.1) is 10.1 Å². The Morgan fingerprint density at radius 3 is 2.59 bits per heavy atom. The molecule has 0 unspecified atom stereocenters. The molecule has 1 saturated heterocycles. The monoisotopic (exact) mass is 392 g/mol. The third-order valence-corrected chi connectivity index (χ3v) is 5.50. The fourth-order valence-corrected chi connectivity index (χ4v) is 4.24. The molecule has 0 bridgehead atoms. The first-order valence-corrected chi connectivity index (χ1v) is 9.27. The number of carbonyl (C=O) groups excluding carboxylic acids is 1. The quantitative estimate of drug-likeness (QED) is 0.267. The Bertz CT molecular complexity index is 1140. The van der Waals surface area contributed by atoms with Crippen LogP contribution in [0.25, 0.3) is 16.8 Å². The molecule has 0 N–H and O–H groups in total. The summed E-state index contributed by atoms with van der Waals surface area (Å²) < 4.78 is 0.354. The van der Waals surface area contributed by atoms with Gasteiger partial charge in [-0.15, -0.1) is 0 Å². The van der Waals surface area contributed by atoms with Crippen LogP contribution in [0.2, 0.25) is 0 Å². The first-order valence-electron chi connectivity index (χ1n) is 8.05. The lowest BCUT2D eigenvalue weighted by atomic mass is 10.0. The molecule has 1 aliphatic heterocycles. The highest BCUT2D eigenvalue weighted by Crippen LogP contribution is 2.37. The summed E-state index contributed by atoms with van der Waals surface area (Å²) in [5.41, 5.74) is 1.24. The Morgan fingerprint density at radius 2 is 1.78 bits per heavy atom. The summed E-state index contributed by atoms with van der Waals surface area (Å²) in [6, 6.07) is 19.8. The smallest absolute Gasteiger partial charge is 0.268 e. The number of rotatable bonds is 3. The molecule has 0 aliphatic carbocycles. The molecule has 0 atom stereocenters. The largest absolute Gasteiger partial charge is 0.271 e. The van der Waals surface area contributed by atoms with E-state index in [9.17, 15) is 14.9 Å². The van der Waals surface area contributed by atoms with E-state index in [0.717, 1.165) is 16.3 Å². The van der Waals surface area contributed by atoms with E-state index in [0.29, 0.717) is 14.9 Å². The van der Waals surface area contributed by atoms with Gasteiger partial charge in [0, 0.05) is 12.1 Å². The van der Waals surface area contributed by atoms with E-state index in [4.69, 9.17) is 12.2 Å². The van der Waals surface area contributed by atoms with Gasteiger partial charge >= 0.3 is 0 Å². The number of hydrogen-bond acceptors (Lipinski definition) is 5. The van der Waals surface area contributed by atoms with Gasteiger partial charge in [0.15, 0.2) is 4.32 Å². The van der Waals surface area contributed by atoms with Crippen LogP contribution in [-0.4, -0.2) is 15.2 Å². The number of nitrogens with zero attached hydrogens (tertiary/aromatic N) is 2. The van der Waals surface area contributed by atoms with Gasteiger partial charge in [-0.25, -0.2) is 0 Å². The lowest BCUT2D eigenvalue weighted by Crippen LogP contribution is -2.27. The molecule has 5 nitrogen and oxygen atoms in total. The van der Waals surface area contributed by atoms with Crippen molar-refractivity contribution in [1.82, 2.24) is 0 Å². The summed E-state index contributed by atoms with van der Waals surface area (Å²) in [6.45, 7) is 0. The van der Waals surface area contributed by atoms with E-state index in [1.807, 2.05) is 48.5 Å². The highest BCUT2D eigenvalue weighted by atomic mass is 32.2. The van der Waals surface area contributed by atoms with E-state index in [2.05, 4.69) is 0 Å². The zero-order valence-corrected chi connectivity index (χ0v) is 15.5. The molecule has 7 heteroatoms. The molecule has 1 heterocycles. The lowest BCUT2D eigenvalue weighted by molar-refractivity contribution is -0.384. The van der Waals surface area contributed by atoms with Gasteiger partial charge in [-0.05, 0) is 28.5 Å². The van der Waals surface area contributed by atoms with Crippen molar-refractivity contribution in [3.8, 4) is 0 Å². The average Bonchev–Trinajstić information content (AvgIpc) is 2.95. The van der Waals surface area contributed by atoms with Crippen molar-refractivity contribution in [1.29, 1.82) is 0 Å². The van der Waals surface area contributed by atoms with Gasteiger partial charge in [0.1, 0.15) is 0 Å². The second-order valence-electron chi connectivity index (χ2n) is 5.86. The van der Waals surface area contributed by atoms with E-state index in [1.54, 1.807) is 12.1 Å². The lowest BCUT2D eigenvalue weighted by Gasteiger charge is -2.14. The van der Waals surface area contributed by atoms with Gasteiger partial charge in [-0.2, -0.15) is 0 Å². The molecule has 132 valence electrons. The Kier molecular flexibility index (Phi) is 4.47. The topological polar surface area (TPSA) is 63.5 Å². The normalized spacial score (nSPS) is 15.7. The zero-order chi connectivity index (χ0) is 19.0. The summed E-state index contributed by atoms with van der Waals surface area (Å²) >= 11 is 6.55. The Labute approximate surface area is 164 Å². The zero-order valence-electron chi connectivity index (χ0n) is 13.9. The predicted octanol–water partition coefficient (Wildman–Crippen LogP) is 5.15. The predicted molar refractivity (Wildman–Crippen MR) is 113 cm³/mol. The van der Waals surface area contributed by atoms with E-state index in [1.165, 1.54) is 28.8 Å². The minimum absolute atomic E-state index is 0.0837. The van der Waals surface area contributed by atoms with Gasteiger partial charge < -0.3 is 0 Å². The molecule has 0 aromatic heterocycles. The number of amides is 1. The van der Waals surface area contributed by atoms with Crippen molar-refractivity contribution in [3.63, 3.8) is 0 Å². The highest BCUT2D eigenvalue weighted by Gasteiger charge is 2.34. The van der Waals surface area contributed by atoms with Gasteiger partial charge in [-0.3, -0.25) is 19.8 Å². The second kappa shape index (κ2) is 6.94. The molecule has 1 amide bonds. The second-order valence-corrected chi connectivity index (χ2v) is 7.54. The third-order valence-electron chi connectivity index (χ3n) is 4.20. The van der Waals surface area contributed by atoms with Gasteiger partial charge in [0.25, 0.3) is 11.6 Å². The van der Waals surface area contributed by atoms with Crippen molar-refractivity contribution < 1.29 is 9.72 Å². The summed E-state index contributed by atoms with van der Waals surface area (Å²) in [4.78, 5) is 25.3. The van der Waals surface area contributed by atoms with Crippen LogP contribution in [0.3, 0.4) is 0 Å².